The van der Waals surface area contributed by atoms with Crippen molar-refractivity contribution in [3.8, 4) is 0 Å². The Bertz CT molecular complexity index is 808. The molecule has 5 heteroatoms. The predicted molar refractivity (Wildman–Crippen MR) is 86.8 cm³/mol. The van der Waals surface area contributed by atoms with Gasteiger partial charge < -0.3 is 9.88 Å². The second-order valence-electron chi connectivity index (χ2n) is 5.97. The number of nitrogens with one attached hydrogen (secondary N) is 1. The lowest BCUT2D eigenvalue weighted by Crippen LogP contribution is -2.26. The summed E-state index contributed by atoms with van der Waals surface area (Å²) in [6.45, 7) is 4.04. The maximum atomic E-state index is 4.43. The van der Waals surface area contributed by atoms with Gasteiger partial charge in [-0.05, 0) is 30.9 Å². The molecule has 1 atom stereocenters. The molecule has 3 heterocycles. The molecule has 4 rings (SSSR count). The van der Waals surface area contributed by atoms with Gasteiger partial charge in [-0.1, -0.05) is 12.1 Å². The molecule has 0 saturated carbocycles. The molecule has 1 N–H and O–H groups in total. The third-order valence-electron chi connectivity index (χ3n) is 4.46. The van der Waals surface area contributed by atoms with Crippen molar-refractivity contribution >= 4 is 16.7 Å². The van der Waals surface area contributed by atoms with Gasteiger partial charge in [0.2, 0.25) is 0 Å². The van der Waals surface area contributed by atoms with E-state index in [0.29, 0.717) is 5.92 Å². The highest BCUT2D eigenvalue weighted by Crippen LogP contribution is 2.23. The van der Waals surface area contributed by atoms with Crippen LogP contribution in [0, 0.1) is 12.8 Å². The molecule has 0 bridgehead atoms. The first-order valence-corrected chi connectivity index (χ1v) is 7.75. The quantitative estimate of drug-likeness (QED) is 0.807. The number of imidazole rings is 1. The number of fused-ring (bicyclic) bond motifs is 2. The molecule has 0 fully saturated rings. The number of hydrogen-bond acceptors (Lipinski definition) is 4. The number of nitrogens with zero attached hydrogens (tertiary/aromatic N) is 4. The van der Waals surface area contributed by atoms with E-state index in [0.717, 1.165) is 36.2 Å². The Balaban J connectivity index is 1.52. The first kappa shape index (κ1) is 13.2. The van der Waals surface area contributed by atoms with Gasteiger partial charge in [-0.25, -0.2) is 15.0 Å². The van der Waals surface area contributed by atoms with Crippen molar-refractivity contribution in [1.29, 1.82) is 0 Å². The molecule has 2 aromatic heterocycles. The van der Waals surface area contributed by atoms with Gasteiger partial charge >= 0.3 is 0 Å². The Labute approximate surface area is 129 Å². The maximum Gasteiger partial charge on any atom is 0.137 e. The van der Waals surface area contributed by atoms with E-state index in [-0.39, 0.29) is 0 Å². The Hall–Kier alpha value is -2.43. The number of hydrogen-bond donors (Lipinski definition) is 1. The van der Waals surface area contributed by atoms with Gasteiger partial charge in [-0.15, -0.1) is 0 Å². The Morgan fingerprint density at radius 2 is 2.23 bits per heavy atom. The zero-order valence-corrected chi connectivity index (χ0v) is 12.7. The van der Waals surface area contributed by atoms with Crippen LogP contribution in [0.15, 0.2) is 36.9 Å². The van der Waals surface area contributed by atoms with Crippen LogP contribution < -0.4 is 5.32 Å². The van der Waals surface area contributed by atoms with E-state index in [1.807, 2.05) is 6.20 Å². The highest BCUT2D eigenvalue weighted by molar-refractivity contribution is 5.90. The fourth-order valence-corrected chi connectivity index (χ4v) is 3.22. The highest BCUT2D eigenvalue weighted by atomic mass is 15.1. The van der Waals surface area contributed by atoms with Crippen molar-refractivity contribution in [2.24, 2.45) is 5.92 Å². The van der Waals surface area contributed by atoms with Crippen LogP contribution >= 0.6 is 0 Å². The molecule has 0 amide bonds. The van der Waals surface area contributed by atoms with Crippen LogP contribution in [0.25, 0.3) is 10.9 Å². The molecule has 0 radical (unpaired) electrons. The van der Waals surface area contributed by atoms with Gasteiger partial charge in [0.15, 0.2) is 0 Å². The summed E-state index contributed by atoms with van der Waals surface area (Å²) in [4.78, 5) is 13.2. The molecule has 112 valence electrons. The summed E-state index contributed by atoms with van der Waals surface area (Å²) in [7, 11) is 0. The third-order valence-corrected chi connectivity index (χ3v) is 4.46. The highest BCUT2D eigenvalue weighted by Gasteiger charge is 2.18. The van der Waals surface area contributed by atoms with Crippen LogP contribution in [-0.4, -0.2) is 26.1 Å². The van der Waals surface area contributed by atoms with Crippen LogP contribution in [0.1, 0.15) is 17.8 Å². The summed E-state index contributed by atoms with van der Waals surface area (Å²) in [5, 5.41) is 4.62. The van der Waals surface area contributed by atoms with Crippen LogP contribution in [0.4, 0.5) is 5.82 Å². The first-order valence-electron chi connectivity index (χ1n) is 7.75. The fraction of sp³-hybridized carbons (Fsp3) is 0.353. The number of benzene rings is 1. The van der Waals surface area contributed by atoms with E-state index in [9.17, 15) is 0 Å². The van der Waals surface area contributed by atoms with E-state index in [1.54, 1.807) is 6.33 Å². The smallest absolute Gasteiger partial charge is 0.137 e. The minimum atomic E-state index is 0.608. The van der Waals surface area contributed by atoms with E-state index < -0.39 is 0 Å². The summed E-state index contributed by atoms with van der Waals surface area (Å²) < 4.78 is 2.26. The maximum absolute atomic E-state index is 4.43. The van der Waals surface area contributed by atoms with Crippen molar-refractivity contribution in [2.45, 2.75) is 26.3 Å². The Morgan fingerprint density at radius 1 is 1.27 bits per heavy atom. The lowest BCUT2D eigenvalue weighted by Gasteiger charge is -2.24. The van der Waals surface area contributed by atoms with E-state index in [1.165, 1.54) is 17.8 Å². The fourth-order valence-electron chi connectivity index (χ4n) is 3.22. The van der Waals surface area contributed by atoms with Gasteiger partial charge in [-0.2, -0.15) is 0 Å². The van der Waals surface area contributed by atoms with Crippen molar-refractivity contribution < 1.29 is 0 Å². The Kier molecular flexibility index (Phi) is 3.25. The molecule has 3 aromatic rings. The standard InChI is InChI=1S/C17H19N5/c1-12-3-2-4-14-16(12)20-11-21-17(14)19-9-13-5-6-15-18-7-8-22(15)10-13/h2-4,7-8,11,13H,5-6,9-10H2,1H3,(H,19,20,21)/t13-/m1/s1. The van der Waals surface area contributed by atoms with Gasteiger partial charge in [0.05, 0.1) is 5.52 Å². The van der Waals surface area contributed by atoms with Crippen LogP contribution in [0.5, 0.6) is 0 Å². The summed E-state index contributed by atoms with van der Waals surface area (Å²) in [6.07, 6.45) is 7.85. The molecule has 0 saturated heterocycles. The zero-order chi connectivity index (χ0) is 14.9. The zero-order valence-electron chi connectivity index (χ0n) is 12.7. The average molecular weight is 293 g/mol. The van der Waals surface area contributed by atoms with Crippen molar-refractivity contribution in [3.05, 3.63) is 48.3 Å². The monoisotopic (exact) mass is 293 g/mol. The van der Waals surface area contributed by atoms with Crippen molar-refractivity contribution in [3.63, 3.8) is 0 Å². The van der Waals surface area contributed by atoms with E-state index >= 15 is 0 Å². The van der Waals surface area contributed by atoms with Crippen LogP contribution in [-0.2, 0) is 13.0 Å². The number of anilines is 1. The average Bonchev–Trinajstić information content (AvgIpc) is 3.01. The normalized spacial score (nSPS) is 17.4. The molecule has 1 aromatic carbocycles. The topological polar surface area (TPSA) is 55.6 Å². The number of aromatic nitrogens is 4. The third kappa shape index (κ3) is 2.32. The summed E-state index contributed by atoms with van der Waals surface area (Å²) in [5.41, 5.74) is 2.21. The molecule has 5 nitrogen and oxygen atoms in total. The minimum absolute atomic E-state index is 0.608. The molecule has 0 aliphatic carbocycles. The van der Waals surface area contributed by atoms with Gasteiger partial charge in [0.25, 0.3) is 0 Å². The minimum Gasteiger partial charge on any atom is -0.369 e. The molecular formula is C17H19N5. The van der Waals surface area contributed by atoms with Gasteiger partial charge in [0.1, 0.15) is 18.0 Å². The summed E-state index contributed by atoms with van der Waals surface area (Å²) >= 11 is 0. The number of para-hydroxylation sites is 1. The van der Waals surface area contributed by atoms with Crippen LogP contribution in [0.2, 0.25) is 0 Å². The largest absolute Gasteiger partial charge is 0.369 e. The summed E-state index contributed by atoms with van der Waals surface area (Å²) in [6, 6.07) is 6.23. The molecule has 1 aliphatic heterocycles. The first-order chi connectivity index (χ1) is 10.8. The molecule has 22 heavy (non-hydrogen) atoms. The van der Waals surface area contributed by atoms with E-state index in [2.05, 4.69) is 56.2 Å². The van der Waals surface area contributed by atoms with Crippen LogP contribution in [0.3, 0.4) is 0 Å². The lowest BCUT2D eigenvalue weighted by molar-refractivity contribution is 0.381. The number of rotatable bonds is 3. The molecule has 0 spiro atoms. The molecule has 1 aliphatic rings. The predicted octanol–water partition coefficient (Wildman–Crippen LogP) is 2.81. The molecule has 0 unspecified atom stereocenters. The number of aryl methyl sites for hydroxylation is 2. The Morgan fingerprint density at radius 3 is 3.18 bits per heavy atom. The molecular weight excluding hydrogens is 274 g/mol. The van der Waals surface area contributed by atoms with E-state index in [4.69, 9.17) is 0 Å². The van der Waals surface area contributed by atoms with Gasteiger partial charge in [0, 0.05) is 37.3 Å². The van der Waals surface area contributed by atoms with Gasteiger partial charge in [-0.3, -0.25) is 0 Å². The SMILES string of the molecule is Cc1cccc2c(NC[C@H]3CCc4nccn4C3)ncnc12. The second-order valence-corrected chi connectivity index (χ2v) is 5.97. The lowest BCUT2D eigenvalue weighted by atomic mass is 9.99. The summed E-state index contributed by atoms with van der Waals surface area (Å²) in [5.74, 6) is 2.75. The second kappa shape index (κ2) is 5.40. The van der Waals surface area contributed by atoms with Crippen molar-refractivity contribution in [2.75, 3.05) is 11.9 Å². The van der Waals surface area contributed by atoms with Crippen molar-refractivity contribution in [1.82, 2.24) is 19.5 Å².